The van der Waals surface area contributed by atoms with Gasteiger partial charge in [0.05, 0.1) is 0 Å². The van der Waals surface area contributed by atoms with Crippen LogP contribution in [0.15, 0.2) is 0 Å². The molecule has 8 saturated carbocycles. The fourth-order valence-electron chi connectivity index (χ4n) is 20.9. The first kappa shape index (κ1) is 40.8. The second-order valence-corrected chi connectivity index (χ2v) is 24.6. The molecular weight excluding hydrogens is 649 g/mol. The van der Waals surface area contributed by atoms with Crippen LogP contribution in [-0.2, 0) is 0 Å². The lowest BCUT2D eigenvalue weighted by molar-refractivity contribution is -0.154. The average Bonchev–Trinajstić information content (AvgIpc) is 3.56. The number of rotatable bonds is 9. The van der Waals surface area contributed by atoms with Crippen LogP contribution in [0.1, 0.15) is 199 Å². The van der Waals surface area contributed by atoms with Gasteiger partial charge in [0.1, 0.15) is 0 Å². The van der Waals surface area contributed by atoms with E-state index in [0.717, 1.165) is 130 Å². The lowest BCUT2D eigenvalue weighted by atomic mass is 9.41. The third-order valence-electron chi connectivity index (χ3n) is 22.1. The molecule has 0 saturated heterocycles. The summed E-state index contributed by atoms with van der Waals surface area (Å²) in [6.45, 7) is 32.6. The summed E-state index contributed by atoms with van der Waals surface area (Å²) < 4.78 is 0. The molecule has 0 radical (unpaired) electrons. The molecule has 0 aliphatic heterocycles. The highest BCUT2D eigenvalue weighted by molar-refractivity contribution is 5.24. The van der Waals surface area contributed by atoms with Crippen molar-refractivity contribution in [2.24, 2.45) is 141 Å². The Labute approximate surface area is 338 Å². The molecule has 8 rings (SSSR count). The largest absolute Gasteiger partial charge is 0.0651 e. The molecule has 310 valence electrons. The molecule has 0 aromatic rings. The van der Waals surface area contributed by atoms with Gasteiger partial charge >= 0.3 is 0 Å². The van der Waals surface area contributed by atoms with Crippen molar-refractivity contribution in [2.45, 2.75) is 199 Å². The second kappa shape index (κ2) is 15.6. The molecule has 1 spiro atoms. The molecule has 54 heavy (non-hydrogen) atoms. The van der Waals surface area contributed by atoms with E-state index < -0.39 is 0 Å². The topological polar surface area (TPSA) is 0 Å². The predicted molar refractivity (Wildman–Crippen MR) is 233 cm³/mol. The van der Waals surface area contributed by atoms with E-state index in [9.17, 15) is 0 Å². The summed E-state index contributed by atoms with van der Waals surface area (Å²) >= 11 is 0. The van der Waals surface area contributed by atoms with Gasteiger partial charge in [-0.25, -0.2) is 0 Å². The molecular formula is C54H94. The second-order valence-electron chi connectivity index (χ2n) is 24.6. The first-order valence-corrected chi connectivity index (χ1v) is 25.9. The van der Waals surface area contributed by atoms with Crippen LogP contribution in [0.4, 0.5) is 0 Å². The van der Waals surface area contributed by atoms with E-state index in [0.29, 0.717) is 10.8 Å². The molecule has 0 aromatic carbocycles. The maximum Gasteiger partial charge on any atom is -0.0196 e. The molecule has 0 heterocycles. The first-order valence-electron chi connectivity index (χ1n) is 25.9. The minimum Gasteiger partial charge on any atom is -0.0651 e. The van der Waals surface area contributed by atoms with Crippen LogP contribution >= 0.6 is 0 Å². The quantitative estimate of drug-likeness (QED) is 0.221. The van der Waals surface area contributed by atoms with Gasteiger partial charge in [0.25, 0.3) is 0 Å². The SMILES string of the molecule is CCC(CC)C1CC(C(CC)CC)C(C(C)C)C2(C1)C1CC(C(C)C)C3CCCCC3C1C1C3C4CCC5CCCCC5C4C(C)(C)C3CC(C(C)C)C12. The Morgan fingerprint density at radius 1 is 0.481 bits per heavy atom. The summed E-state index contributed by atoms with van der Waals surface area (Å²) in [5.74, 6) is 21.4. The van der Waals surface area contributed by atoms with Crippen molar-refractivity contribution < 1.29 is 0 Å². The van der Waals surface area contributed by atoms with Crippen molar-refractivity contribution in [1.82, 2.24) is 0 Å². The Morgan fingerprint density at radius 3 is 1.67 bits per heavy atom. The minimum atomic E-state index is 0.528. The Morgan fingerprint density at radius 2 is 1.06 bits per heavy atom. The summed E-state index contributed by atoms with van der Waals surface area (Å²) in [5.41, 5.74) is 1.09. The van der Waals surface area contributed by atoms with Gasteiger partial charge < -0.3 is 0 Å². The number of hydrogen-bond donors (Lipinski definition) is 0. The van der Waals surface area contributed by atoms with Crippen molar-refractivity contribution in [3.05, 3.63) is 0 Å². The van der Waals surface area contributed by atoms with Crippen molar-refractivity contribution >= 4 is 0 Å². The van der Waals surface area contributed by atoms with E-state index in [-0.39, 0.29) is 0 Å². The molecule has 0 heteroatoms. The minimum absolute atomic E-state index is 0.528. The van der Waals surface area contributed by atoms with Crippen molar-refractivity contribution in [2.75, 3.05) is 0 Å². The highest BCUT2D eigenvalue weighted by atomic mass is 14.8. The standard InChI is InChI=1S/C54H94/c1-13-34(14-2)37-27-44(35(15-3)16-4)50(33(9)10)54(30-37)46-28-42(31(5)6)39-23-19-20-24-40(39)47(46)49-48-41-26-25-36-21-17-18-22-38(36)51(41)53(11,12)45(48)29-43(32(7)8)52(49)54/h31-52H,13-30H2,1-12H3. The molecule has 0 aromatic heterocycles. The van der Waals surface area contributed by atoms with Gasteiger partial charge in [-0.3, -0.25) is 0 Å². The lowest BCUT2D eigenvalue weighted by Crippen LogP contribution is -2.58. The zero-order chi connectivity index (χ0) is 38.4. The van der Waals surface area contributed by atoms with Gasteiger partial charge in [0, 0.05) is 0 Å². The van der Waals surface area contributed by atoms with Gasteiger partial charge in [0.2, 0.25) is 0 Å². The smallest absolute Gasteiger partial charge is 0.0196 e. The van der Waals surface area contributed by atoms with Crippen molar-refractivity contribution in [3.8, 4) is 0 Å². The van der Waals surface area contributed by atoms with Crippen LogP contribution in [-0.4, -0.2) is 0 Å². The fourth-order valence-corrected chi connectivity index (χ4v) is 20.9. The lowest BCUT2D eigenvalue weighted by Gasteiger charge is -2.63. The predicted octanol–water partition coefficient (Wildman–Crippen LogP) is 15.9. The van der Waals surface area contributed by atoms with Crippen LogP contribution in [0.5, 0.6) is 0 Å². The highest BCUT2D eigenvalue weighted by Crippen LogP contribution is 2.81. The summed E-state index contributed by atoms with van der Waals surface area (Å²) in [4.78, 5) is 0. The van der Waals surface area contributed by atoms with E-state index >= 15 is 0 Å². The Hall–Kier alpha value is 0. The molecule has 0 N–H and O–H groups in total. The van der Waals surface area contributed by atoms with E-state index in [4.69, 9.17) is 0 Å². The van der Waals surface area contributed by atoms with Gasteiger partial charge in [-0.1, -0.05) is 141 Å². The van der Waals surface area contributed by atoms with Gasteiger partial charge in [-0.2, -0.15) is 0 Å². The average molecular weight is 743 g/mol. The van der Waals surface area contributed by atoms with Crippen LogP contribution in [0.25, 0.3) is 0 Å². The summed E-state index contributed by atoms with van der Waals surface area (Å²) in [6, 6.07) is 0. The fraction of sp³-hybridized carbons (Fsp3) is 1.00. The van der Waals surface area contributed by atoms with Crippen molar-refractivity contribution in [1.29, 1.82) is 0 Å². The summed E-state index contributed by atoms with van der Waals surface area (Å²) in [7, 11) is 0. The van der Waals surface area contributed by atoms with E-state index in [1.165, 1.54) is 44.9 Å². The monoisotopic (exact) mass is 743 g/mol. The molecule has 0 nitrogen and oxygen atoms in total. The first-order chi connectivity index (χ1) is 25.9. The summed E-state index contributed by atoms with van der Waals surface area (Å²) in [5, 5.41) is 0. The maximum absolute atomic E-state index is 2.90. The Bertz CT molecular complexity index is 1250. The maximum atomic E-state index is 2.90. The van der Waals surface area contributed by atoms with Crippen LogP contribution in [0, 0.1) is 141 Å². The molecule has 18 atom stereocenters. The number of hydrogen-bond acceptors (Lipinski definition) is 0. The van der Waals surface area contributed by atoms with Crippen molar-refractivity contribution in [3.63, 3.8) is 0 Å². The van der Waals surface area contributed by atoms with Crippen LogP contribution < -0.4 is 0 Å². The molecule has 18 unspecified atom stereocenters. The van der Waals surface area contributed by atoms with Crippen LogP contribution in [0.2, 0.25) is 0 Å². The normalized spacial score (nSPS) is 49.6. The number of fused-ring (bicyclic) bond motifs is 13. The third-order valence-corrected chi connectivity index (χ3v) is 22.1. The molecule has 0 amide bonds. The molecule has 0 bridgehead atoms. The highest BCUT2D eigenvalue weighted by Gasteiger charge is 2.76. The van der Waals surface area contributed by atoms with E-state index in [1.807, 2.05) is 0 Å². The third kappa shape index (κ3) is 6.01. The van der Waals surface area contributed by atoms with Crippen LogP contribution in [0.3, 0.4) is 0 Å². The Kier molecular flexibility index (Phi) is 11.7. The van der Waals surface area contributed by atoms with Gasteiger partial charge in [-0.15, -0.1) is 0 Å². The molecule has 8 aliphatic rings. The zero-order valence-corrected chi connectivity index (χ0v) is 38.4. The van der Waals surface area contributed by atoms with Gasteiger partial charge in [0.15, 0.2) is 0 Å². The summed E-state index contributed by atoms with van der Waals surface area (Å²) in [6.07, 6.45) is 27.7. The van der Waals surface area contributed by atoms with E-state index in [2.05, 4.69) is 83.1 Å². The molecule has 8 aliphatic carbocycles. The Balaban J connectivity index is 1.37. The molecule has 8 fully saturated rings. The van der Waals surface area contributed by atoms with E-state index in [1.54, 1.807) is 70.6 Å². The van der Waals surface area contributed by atoms with Gasteiger partial charge in [-0.05, 0) is 199 Å². The zero-order valence-electron chi connectivity index (χ0n) is 38.4.